The fraction of sp³-hybridized carbons (Fsp3) is 0.167. The third-order valence-electron chi connectivity index (χ3n) is 5.24. The average Bonchev–Trinajstić information content (AvgIpc) is 3.25. The summed E-state index contributed by atoms with van der Waals surface area (Å²) < 4.78 is 0. The molecule has 0 radical (unpaired) electrons. The number of urea groups is 1. The van der Waals surface area contributed by atoms with Crippen molar-refractivity contribution in [2.24, 2.45) is 5.73 Å². The molecule has 0 saturated carbocycles. The summed E-state index contributed by atoms with van der Waals surface area (Å²) in [6, 6.07) is 18.4. The van der Waals surface area contributed by atoms with E-state index in [2.05, 4.69) is 15.6 Å². The first-order valence-electron chi connectivity index (χ1n) is 10.2. The van der Waals surface area contributed by atoms with Crippen LogP contribution in [-0.2, 0) is 24.3 Å². The van der Waals surface area contributed by atoms with Crippen molar-refractivity contribution >= 4 is 23.5 Å². The van der Waals surface area contributed by atoms with Crippen molar-refractivity contribution in [2.75, 3.05) is 5.32 Å². The molecule has 0 bridgehead atoms. The van der Waals surface area contributed by atoms with E-state index < -0.39 is 17.9 Å². The second kappa shape index (κ2) is 9.40. The number of carbonyl (C=O) groups is 3. The zero-order valence-electron chi connectivity index (χ0n) is 17.3. The maximum absolute atomic E-state index is 12.5. The summed E-state index contributed by atoms with van der Waals surface area (Å²) in [5.41, 5.74) is 9.60. The lowest BCUT2D eigenvalue weighted by Gasteiger charge is -2.16. The Hall–Kier alpha value is -4.04. The van der Waals surface area contributed by atoms with Gasteiger partial charge in [-0.05, 0) is 47.9 Å². The standard InChI is InChI=1S/C24H23N5O3/c25-20(13-16-5-2-1-3-6-16)23(31)28-22(30)17-8-10-19(11-9-17)27-24(32)29-14-18-7-4-12-26-21(18)15-29/h1-12,20H,13-15,25H2,(H,27,32)(H,28,30,31)/t20-/m0/s1. The third kappa shape index (κ3) is 4.98. The van der Waals surface area contributed by atoms with Crippen LogP contribution in [0.2, 0.25) is 0 Å². The molecule has 162 valence electrons. The molecule has 0 saturated heterocycles. The van der Waals surface area contributed by atoms with E-state index in [9.17, 15) is 14.4 Å². The van der Waals surface area contributed by atoms with Crippen molar-refractivity contribution in [1.82, 2.24) is 15.2 Å². The molecule has 4 amide bonds. The van der Waals surface area contributed by atoms with E-state index in [1.807, 2.05) is 42.5 Å². The Morgan fingerprint density at radius 2 is 1.72 bits per heavy atom. The summed E-state index contributed by atoms with van der Waals surface area (Å²) in [5, 5.41) is 5.14. The van der Waals surface area contributed by atoms with Gasteiger partial charge in [0.15, 0.2) is 0 Å². The number of nitrogens with one attached hydrogen (secondary N) is 2. The molecule has 1 atom stereocenters. The van der Waals surface area contributed by atoms with E-state index in [-0.39, 0.29) is 6.03 Å². The van der Waals surface area contributed by atoms with Crippen LogP contribution in [0.15, 0.2) is 72.9 Å². The van der Waals surface area contributed by atoms with E-state index in [1.165, 1.54) is 0 Å². The Labute approximate surface area is 185 Å². The van der Waals surface area contributed by atoms with Gasteiger partial charge in [-0.25, -0.2) is 4.79 Å². The van der Waals surface area contributed by atoms with Crippen LogP contribution in [0.4, 0.5) is 10.5 Å². The van der Waals surface area contributed by atoms with Gasteiger partial charge in [-0.2, -0.15) is 0 Å². The van der Waals surface area contributed by atoms with Crippen molar-refractivity contribution in [2.45, 2.75) is 25.6 Å². The van der Waals surface area contributed by atoms with Crippen LogP contribution in [-0.4, -0.2) is 33.8 Å². The summed E-state index contributed by atoms with van der Waals surface area (Å²) in [5.74, 6) is -1.09. The number of pyridine rings is 1. The van der Waals surface area contributed by atoms with E-state index in [1.54, 1.807) is 35.4 Å². The van der Waals surface area contributed by atoms with E-state index in [0.717, 1.165) is 16.8 Å². The third-order valence-corrected chi connectivity index (χ3v) is 5.24. The highest BCUT2D eigenvalue weighted by Gasteiger charge is 2.24. The van der Waals surface area contributed by atoms with Crippen molar-refractivity contribution in [3.63, 3.8) is 0 Å². The number of rotatable bonds is 5. The summed E-state index contributed by atoms with van der Waals surface area (Å²) >= 11 is 0. The largest absolute Gasteiger partial charge is 0.322 e. The number of carbonyl (C=O) groups excluding carboxylic acids is 3. The highest BCUT2D eigenvalue weighted by Crippen LogP contribution is 2.21. The topological polar surface area (TPSA) is 117 Å². The molecule has 8 heteroatoms. The molecular formula is C24H23N5O3. The number of anilines is 1. The molecule has 3 aromatic rings. The fourth-order valence-corrected chi connectivity index (χ4v) is 3.49. The lowest BCUT2D eigenvalue weighted by molar-refractivity contribution is -0.121. The SMILES string of the molecule is N[C@@H](Cc1ccccc1)C(=O)NC(=O)c1ccc(NC(=O)N2Cc3cccnc3C2)cc1. The number of amides is 4. The van der Waals surface area contributed by atoms with Crippen LogP contribution >= 0.6 is 0 Å². The van der Waals surface area contributed by atoms with Crippen LogP contribution in [0.25, 0.3) is 0 Å². The summed E-state index contributed by atoms with van der Waals surface area (Å²) in [6.07, 6.45) is 2.05. The lowest BCUT2D eigenvalue weighted by atomic mass is 10.1. The van der Waals surface area contributed by atoms with Crippen molar-refractivity contribution in [3.05, 3.63) is 95.3 Å². The molecule has 2 heterocycles. The van der Waals surface area contributed by atoms with Gasteiger partial charge in [-0.1, -0.05) is 36.4 Å². The first-order chi connectivity index (χ1) is 15.5. The number of fused-ring (bicyclic) bond motifs is 1. The van der Waals surface area contributed by atoms with Crippen molar-refractivity contribution < 1.29 is 14.4 Å². The molecule has 0 unspecified atom stereocenters. The molecule has 8 nitrogen and oxygen atoms in total. The van der Waals surface area contributed by atoms with Gasteiger partial charge in [0.2, 0.25) is 5.91 Å². The smallest absolute Gasteiger partial charge is 0.320 e. The minimum Gasteiger partial charge on any atom is -0.320 e. The normalized spacial score (nSPS) is 13.2. The van der Waals surface area contributed by atoms with Crippen LogP contribution < -0.4 is 16.4 Å². The molecule has 0 fully saturated rings. The Bertz CT molecular complexity index is 1110. The molecule has 32 heavy (non-hydrogen) atoms. The van der Waals surface area contributed by atoms with Crippen LogP contribution in [0.1, 0.15) is 27.2 Å². The summed E-state index contributed by atoms with van der Waals surface area (Å²) in [4.78, 5) is 43.1. The predicted octanol–water partition coefficient (Wildman–Crippen LogP) is 2.46. The number of benzene rings is 2. The molecular weight excluding hydrogens is 406 g/mol. The van der Waals surface area contributed by atoms with Crippen molar-refractivity contribution in [3.8, 4) is 0 Å². The van der Waals surface area contributed by atoms with Gasteiger partial charge in [-0.15, -0.1) is 0 Å². The predicted molar refractivity (Wildman–Crippen MR) is 120 cm³/mol. The minimum absolute atomic E-state index is 0.248. The van der Waals surface area contributed by atoms with Gasteiger partial charge >= 0.3 is 6.03 Å². The monoisotopic (exact) mass is 429 g/mol. The number of hydrogen-bond acceptors (Lipinski definition) is 5. The second-order valence-electron chi connectivity index (χ2n) is 7.59. The van der Waals surface area contributed by atoms with Crippen LogP contribution in [0, 0.1) is 0 Å². The quantitative estimate of drug-likeness (QED) is 0.576. The number of nitrogens with two attached hydrogens (primary N) is 1. The summed E-state index contributed by atoms with van der Waals surface area (Å²) in [7, 11) is 0. The molecule has 2 aromatic carbocycles. The molecule has 1 aliphatic heterocycles. The Kier molecular flexibility index (Phi) is 6.23. The van der Waals surface area contributed by atoms with Gasteiger partial charge in [0.25, 0.3) is 5.91 Å². The summed E-state index contributed by atoms with van der Waals surface area (Å²) in [6.45, 7) is 0.953. The van der Waals surface area contributed by atoms with Gasteiger partial charge in [0, 0.05) is 24.0 Å². The maximum Gasteiger partial charge on any atom is 0.322 e. The second-order valence-corrected chi connectivity index (χ2v) is 7.59. The van der Waals surface area contributed by atoms with Crippen LogP contribution in [0.5, 0.6) is 0 Å². The molecule has 4 N–H and O–H groups in total. The first kappa shape index (κ1) is 21.2. The number of aromatic nitrogens is 1. The number of hydrogen-bond donors (Lipinski definition) is 3. The van der Waals surface area contributed by atoms with Gasteiger partial charge in [-0.3, -0.25) is 19.9 Å². The molecule has 0 spiro atoms. The van der Waals surface area contributed by atoms with Gasteiger partial charge in [0.05, 0.1) is 18.3 Å². The lowest BCUT2D eigenvalue weighted by Crippen LogP contribution is -2.44. The van der Waals surface area contributed by atoms with Crippen molar-refractivity contribution in [1.29, 1.82) is 0 Å². The van der Waals surface area contributed by atoms with Crippen LogP contribution in [0.3, 0.4) is 0 Å². The van der Waals surface area contributed by atoms with Gasteiger partial charge < -0.3 is 16.0 Å². The Balaban J connectivity index is 1.30. The number of imide groups is 1. The molecule has 1 aromatic heterocycles. The van der Waals surface area contributed by atoms with E-state index in [4.69, 9.17) is 5.73 Å². The van der Waals surface area contributed by atoms with Gasteiger partial charge in [0.1, 0.15) is 0 Å². The highest BCUT2D eigenvalue weighted by atomic mass is 16.2. The maximum atomic E-state index is 12.5. The highest BCUT2D eigenvalue weighted by molar-refractivity contribution is 6.06. The zero-order chi connectivity index (χ0) is 22.5. The zero-order valence-corrected chi connectivity index (χ0v) is 17.3. The Morgan fingerprint density at radius 3 is 2.44 bits per heavy atom. The first-order valence-corrected chi connectivity index (χ1v) is 10.2. The average molecular weight is 429 g/mol. The fourth-order valence-electron chi connectivity index (χ4n) is 3.49. The number of nitrogens with zero attached hydrogens (tertiary/aromatic N) is 2. The Morgan fingerprint density at radius 1 is 0.969 bits per heavy atom. The van der Waals surface area contributed by atoms with E-state index >= 15 is 0 Å². The molecule has 4 rings (SSSR count). The molecule has 0 aliphatic carbocycles. The molecule has 1 aliphatic rings. The minimum atomic E-state index is -0.834. The van der Waals surface area contributed by atoms with E-state index in [0.29, 0.717) is 30.8 Å².